The van der Waals surface area contributed by atoms with Gasteiger partial charge in [-0.05, 0) is 26.3 Å². The van der Waals surface area contributed by atoms with Gasteiger partial charge in [-0.15, -0.1) is 0 Å². The second-order valence-corrected chi connectivity index (χ2v) is 8.65. The van der Waals surface area contributed by atoms with E-state index < -0.39 is 8.56 Å². The normalized spacial score (nSPS) is 14.4. The molecular weight excluding hydrogens is 260 g/mol. The van der Waals surface area contributed by atoms with E-state index in [9.17, 15) is 0 Å². The Hall–Kier alpha value is 0.617. The molecule has 14 heavy (non-hydrogen) atoms. The fraction of sp³-hybridized carbons (Fsp3) is 1.00. The van der Waals surface area contributed by atoms with Gasteiger partial charge in [0.25, 0.3) is 0 Å². The third kappa shape index (κ3) is 4.01. The van der Waals surface area contributed by atoms with E-state index in [0.717, 1.165) is 32.1 Å². The van der Waals surface area contributed by atoms with Crippen LogP contribution >= 0.6 is 15.9 Å². The number of alkyl halides is 1. The van der Waals surface area contributed by atoms with Crippen molar-refractivity contribution in [1.29, 1.82) is 0 Å². The summed E-state index contributed by atoms with van der Waals surface area (Å²) in [5, 5.41) is 0. The molecule has 0 aromatic heterocycles. The van der Waals surface area contributed by atoms with Gasteiger partial charge in [0.2, 0.25) is 0 Å². The summed E-state index contributed by atoms with van der Waals surface area (Å²) in [6, 6.07) is 1.08. The molecule has 4 heteroatoms. The van der Waals surface area contributed by atoms with E-state index >= 15 is 0 Å². The van der Waals surface area contributed by atoms with Crippen LogP contribution in [0.3, 0.4) is 0 Å². The van der Waals surface area contributed by atoms with E-state index in [2.05, 4.69) is 29.8 Å². The first kappa shape index (κ1) is 14.6. The van der Waals surface area contributed by atoms with Crippen molar-refractivity contribution in [2.45, 2.75) is 51.0 Å². The third-order valence-electron chi connectivity index (χ3n) is 2.21. The molecule has 0 radical (unpaired) electrons. The first-order chi connectivity index (χ1) is 6.66. The fourth-order valence-corrected chi connectivity index (χ4v) is 6.49. The maximum absolute atomic E-state index is 5.93. The van der Waals surface area contributed by atoms with E-state index in [1.807, 2.05) is 13.8 Å². The summed E-state index contributed by atoms with van der Waals surface area (Å²) in [4.78, 5) is 0. The van der Waals surface area contributed by atoms with Crippen molar-refractivity contribution >= 4 is 24.5 Å². The van der Waals surface area contributed by atoms with Crippen LogP contribution in [0.5, 0.6) is 0 Å². The SMILES string of the molecule is CCC[Si](OCC)(OCC)C(Br)CC. The molecule has 0 rings (SSSR count). The quantitative estimate of drug-likeness (QED) is 0.500. The minimum absolute atomic E-state index is 0.412. The second kappa shape index (κ2) is 7.85. The molecule has 1 atom stereocenters. The molecule has 0 amide bonds. The molecule has 0 heterocycles. The zero-order chi connectivity index (χ0) is 11.0. The highest BCUT2D eigenvalue weighted by Gasteiger charge is 2.42. The van der Waals surface area contributed by atoms with Gasteiger partial charge < -0.3 is 8.85 Å². The predicted octanol–water partition coefficient (Wildman–Crippen LogP) is 3.62. The molecule has 0 aliphatic carbocycles. The van der Waals surface area contributed by atoms with E-state index in [4.69, 9.17) is 8.85 Å². The Bertz CT molecular complexity index is 127. The van der Waals surface area contributed by atoms with E-state index in [0.29, 0.717) is 4.45 Å². The standard InChI is InChI=1S/C10H23BrO2Si/c1-5-9-14(12-7-3,13-8-4)10(11)6-2/h10H,5-9H2,1-4H3. The monoisotopic (exact) mass is 282 g/mol. The van der Waals surface area contributed by atoms with Gasteiger partial charge in [-0.25, -0.2) is 0 Å². The molecule has 0 aliphatic heterocycles. The maximum Gasteiger partial charge on any atom is 0.352 e. The van der Waals surface area contributed by atoms with Gasteiger partial charge in [-0.2, -0.15) is 0 Å². The number of halogens is 1. The van der Waals surface area contributed by atoms with Gasteiger partial charge in [0.05, 0.1) is 4.45 Å². The molecular formula is C10H23BrO2Si. The largest absolute Gasteiger partial charge is 0.394 e. The van der Waals surface area contributed by atoms with Crippen LogP contribution in [0.4, 0.5) is 0 Å². The lowest BCUT2D eigenvalue weighted by Crippen LogP contribution is -2.50. The van der Waals surface area contributed by atoms with Gasteiger partial charge in [0.1, 0.15) is 0 Å². The Morgan fingerprint density at radius 3 is 1.86 bits per heavy atom. The Balaban J connectivity index is 4.53. The zero-order valence-corrected chi connectivity index (χ0v) is 12.4. The summed E-state index contributed by atoms with van der Waals surface area (Å²) in [7, 11) is -1.98. The second-order valence-electron chi connectivity index (χ2n) is 3.30. The molecule has 0 saturated carbocycles. The smallest absolute Gasteiger partial charge is 0.352 e. The van der Waals surface area contributed by atoms with Gasteiger partial charge in [0, 0.05) is 13.2 Å². The van der Waals surface area contributed by atoms with Crippen LogP contribution in [0.25, 0.3) is 0 Å². The highest BCUT2D eigenvalue weighted by Crippen LogP contribution is 2.27. The van der Waals surface area contributed by atoms with Gasteiger partial charge in [-0.3, -0.25) is 0 Å². The Kier molecular flexibility index (Phi) is 8.20. The molecule has 86 valence electrons. The lowest BCUT2D eigenvalue weighted by Gasteiger charge is -2.33. The Labute approximate surface area is 97.7 Å². The minimum atomic E-state index is -1.98. The molecule has 0 saturated heterocycles. The van der Waals surface area contributed by atoms with Crippen LogP contribution in [0, 0.1) is 0 Å². The lowest BCUT2D eigenvalue weighted by atomic mass is 10.6. The molecule has 2 nitrogen and oxygen atoms in total. The average molecular weight is 283 g/mol. The van der Waals surface area contributed by atoms with Crippen LogP contribution in [0.2, 0.25) is 6.04 Å². The van der Waals surface area contributed by atoms with Crippen molar-refractivity contribution in [2.75, 3.05) is 13.2 Å². The minimum Gasteiger partial charge on any atom is -0.394 e. The van der Waals surface area contributed by atoms with Gasteiger partial charge >= 0.3 is 8.56 Å². The molecule has 0 spiro atoms. The number of hydrogen-bond donors (Lipinski definition) is 0. The van der Waals surface area contributed by atoms with Crippen LogP contribution in [-0.2, 0) is 8.85 Å². The molecule has 1 unspecified atom stereocenters. The Morgan fingerprint density at radius 1 is 1.07 bits per heavy atom. The van der Waals surface area contributed by atoms with Crippen molar-refractivity contribution in [3.05, 3.63) is 0 Å². The molecule has 0 aromatic carbocycles. The summed E-state index contributed by atoms with van der Waals surface area (Å²) in [5.74, 6) is 0. The van der Waals surface area contributed by atoms with E-state index in [1.54, 1.807) is 0 Å². The fourth-order valence-electron chi connectivity index (χ4n) is 1.67. The third-order valence-corrected chi connectivity index (χ3v) is 9.07. The van der Waals surface area contributed by atoms with Crippen LogP contribution in [-0.4, -0.2) is 26.2 Å². The van der Waals surface area contributed by atoms with Crippen molar-refractivity contribution in [1.82, 2.24) is 0 Å². The molecule has 0 aromatic rings. The summed E-state index contributed by atoms with van der Waals surface area (Å²) in [5.41, 5.74) is 0. The first-order valence-corrected chi connectivity index (χ1v) is 8.60. The predicted molar refractivity (Wildman–Crippen MR) is 67.1 cm³/mol. The highest BCUT2D eigenvalue weighted by atomic mass is 79.9. The van der Waals surface area contributed by atoms with Gasteiger partial charge in [0.15, 0.2) is 0 Å². The van der Waals surface area contributed by atoms with Crippen LogP contribution < -0.4 is 0 Å². The van der Waals surface area contributed by atoms with E-state index in [-0.39, 0.29) is 0 Å². The van der Waals surface area contributed by atoms with E-state index in [1.165, 1.54) is 0 Å². The molecule has 0 aliphatic rings. The van der Waals surface area contributed by atoms with Crippen molar-refractivity contribution in [3.63, 3.8) is 0 Å². The molecule has 0 fully saturated rings. The summed E-state index contributed by atoms with van der Waals surface area (Å²) >= 11 is 3.72. The van der Waals surface area contributed by atoms with Gasteiger partial charge in [-0.1, -0.05) is 36.2 Å². The van der Waals surface area contributed by atoms with Crippen molar-refractivity contribution in [2.24, 2.45) is 0 Å². The first-order valence-electron chi connectivity index (χ1n) is 5.58. The zero-order valence-electron chi connectivity index (χ0n) is 9.81. The summed E-state index contributed by atoms with van der Waals surface area (Å²) in [6.07, 6.45) is 2.21. The lowest BCUT2D eigenvalue weighted by molar-refractivity contribution is 0.180. The topological polar surface area (TPSA) is 18.5 Å². The van der Waals surface area contributed by atoms with Crippen LogP contribution in [0.1, 0.15) is 40.5 Å². The Morgan fingerprint density at radius 2 is 1.57 bits per heavy atom. The molecule has 0 bridgehead atoms. The maximum atomic E-state index is 5.93. The summed E-state index contributed by atoms with van der Waals surface area (Å²) in [6.45, 7) is 9.98. The van der Waals surface area contributed by atoms with Crippen molar-refractivity contribution in [3.8, 4) is 0 Å². The average Bonchev–Trinajstić information content (AvgIpc) is 2.17. The van der Waals surface area contributed by atoms with Crippen molar-refractivity contribution < 1.29 is 8.85 Å². The van der Waals surface area contributed by atoms with Crippen LogP contribution in [0.15, 0.2) is 0 Å². The number of rotatable bonds is 8. The molecule has 0 N–H and O–H groups in total. The summed E-state index contributed by atoms with van der Waals surface area (Å²) < 4.78 is 12.3. The number of hydrogen-bond acceptors (Lipinski definition) is 2. The highest BCUT2D eigenvalue weighted by molar-refractivity contribution is 9.10.